The van der Waals surface area contributed by atoms with E-state index in [0.29, 0.717) is 30.3 Å². The molecule has 10 heteroatoms. The molecule has 3 heterocycles. The van der Waals surface area contributed by atoms with Gasteiger partial charge in [0, 0.05) is 52.9 Å². The molecule has 51 heavy (non-hydrogen) atoms. The van der Waals surface area contributed by atoms with Crippen LogP contribution in [0.5, 0.6) is 0 Å². The van der Waals surface area contributed by atoms with Crippen LogP contribution in [0, 0.1) is 0 Å². The maximum Gasteiger partial charge on any atom is 0.329 e. The van der Waals surface area contributed by atoms with Crippen molar-refractivity contribution in [2.24, 2.45) is 0 Å². The van der Waals surface area contributed by atoms with E-state index in [0.717, 1.165) is 57.3 Å². The van der Waals surface area contributed by atoms with Crippen LogP contribution in [-0.2, 0) is 35.0 Å². The third kappa shape index (κ3) is 8.66. The van der Waals surface area contributed by atoms with Gasteiger partial charge in [-0.3, -0.25) is 4.57 Å². The van der Waals surface area contributed by atoms with Gasteiger partial charge >= 0.3 is 7.60 Å². The Balaban J connectivity index is 0.954. The largest absolute Gasteiger partial charge is 0.416 e. The maximum absolute atomic E-state index is 11.2. The smallest absolute Gasteiger partial charge is 0.329 e. The highest BCUT2D eigenvalue weighted by atomic mass is 31.2. The van der Waals surface area contributed by atoms with E-state index in [4.69, 9.17) is 4.42 Å². The zero-order valence-electron chi connectivity index (χ0n) is 27.6. The average Bonchev–Trinajstić information content (AvgIpc) is 3.64. The van der Waals surface area contributed by atoms with Crippen molar-refractivity contribution in [1.29, 1.82) is 0 Å². The summed E-state index contributed by atoms with van der Waals surface area (Å²) in [6, 6.07) is 39.8. The first-order valence-electron chi connectivity index (χ1n) is 16.5. The molecular weight excluding hydrogens is 659 g/mol. The van der Waals surface area contributed by atoms with Gasteiger partial charge in [0.05, 0.1) is 6.16 Å². The number of hydrogen-bond donors (Lipinski definition) is 2. The van der Waals surface area contributed by atoms with Crippen LogP contribution in [0.4, 0.5) is 0 Å². The highest BCUT2D eigenvalue weighted by molar-refractivity contribution is 7.50. The van der Waals surface area contributed by atoms with E-state index < -0.39 is 7.60 Å². The van der Waals surface area contributed by atoms with Crippen LogP contribution in [-0.4, -0.2) is 26.3 Å². The first kappa shape index (κ1) is 33.6. The topological polar surface area (TPSA) is 121 Å². The zero-order chi connectivity index (χ0) is 35.2. The summed E-state index contributed by atoms with van der Waals surface area (Å²) in [5.41, 5.74) is 9.83. The minimum atomic E-state index is -4.08. The summed E-state index contributed by atoms with van der Waals surface area (Å²) < 4.78 is 21.5. The van der Waals surface area contributed by atoms with Crippen molar-refractivity contribution >= 4 is 13.9 Å². The third-order valence-corrected chi connectivity index (χ3v) is 9.40. The van der Waals surface area contributed by atoms with Gasteiger partial charge < -0.3 is 19.0 Å². The second kappa shape index (κ2) is 14.9. The molecule has 2 N–H and O–H groups in total. The number of nitrogens with zero attached hydrogens (tertiary/aromatic N) is 4. The van der Waals surface area contributed by atoms with Gasteiger partial charge in [-0.25, -0.2) is 9.13 Å². The minimum absolute atomic E-state index is 0.254. The van der Waals surface area contributed by atoms with Crippen molar-refractivity contribution in [3.8, 4) is 45.2 Å². The SMILES string of the molecule is O=CCc1ccc(C[n+]2ccc(-c3ccc(-c4nnc(-c5ccc(-c6cc[n+](Cc7ccc(CP(=O)(O)O)cc7)cc6)cc5)o4)cc3)cc2)cc1. The van der Waals surface area contributed by atoms with Crippen molar-refractivity contribution in [2.75, 3.05) is 0 Å². The Labute approximate surface area is 295 Å². The monoisotopic (exact) mass is 694 g/mol. The highest BCUT2D eigenvalue weighted by Crippen LogP contribution is 2.39. The molecule has 0 radical (unpaired) electrons. The number of pyridine rings is 2. The second-order valence-corrected chi connectivity index (χ2v) is 14.1. The normalized spacial score (nSPS) is 11.4. The predicted octanol–water partition coefficient (Wildman–Crippen LogP) is 6.83. The summed E-state index contributed by atoms with van der Waals surface area (Å²) in [4.78, 5) is 29.1. The first-order valence-corrected chi connectivity index (χ1v) is 18.2. The number of aromatic nitrogens is 4. The number of rotatable bonds is 12. The first-order chi connectivity index (χ1) is 24.8. The Morgan fingerprint density at radius 1 is 0.510 bits per heavy atom. The number of hydrogen-bond acceptors (Lipinski definition) is 5. The summed E-state index contributed by atoms with van der Waals surface area (Å²) in [7, 11) is -4.08. The molecule has 3 aromatic heterocycles. The molecule has 252 valence electrons. The average molecular weight is 695 g/mol. The fourth-order valence-corrected chi connectivity index (χ4v) is 6.55. The number of aldehydes is 1. The summed E-state index contributed by atoms with van der Waals surface area (Å²) in [5.74, 6) is 0.902. The Morgan fingerprint density at radius 3 is 1.25 bits per heavy atom. The van der Waals surface area contributed by atoms with Gasteiger partial charge in [-0.05, 0) is 57.6 Å². The van der Waals surface area contributed by atoms with Crippen LogP contribution in [0.2, 0.25) is 0 Å². The Bertz CT molecular complexity index is 2280. The third-order valence-electron chi connectivity index (χ3n) is 8.62. The number of carbonyl (C=O) groups excluding carboxylic acids is 1. The van der Waals surface area contributed by atoms with Gasteiger partial charge in [0.1, 0.15) is 6.29 Å². The molecule has 0 aliphatic carbocycles. The van der Waals surface area contributed by atoms with Crippen molar-refractivity contribution in [3.05, 3.63) is 168 Å². The molecule has 0 saturated carbocycles. The van der Waals surface area contributed by atoms with E-state index >= 15 is 0 Å². The summed E-state index contributed by atoms with van der Waals surface area (Å²) >= 11 is 0. The molecule has 0 bridgehead atoms. The molecule has 7 rings (SSSR count). The van der Waals surface area contributed by atoms with Gasteiger partial charge in [0.25, 0.3) is 0 Å². The molecule has 0 unspecified atom stereocenters. The minimum Gasteiger partial charge on any atom is -0.416 e. The van der Waals surface area contributed by atoms with Crippen molar-refractivity contribution < 1.29 is 32.7 Å². The number of benzene rings is 4. The van der Waals surface area contributed by atoms with Gasteiger partial charge in [-0.2, -0.15) is 0 Å². The van der Waals surface area contributed by atoms with Crippen molar-refractivity contribution in [1.82, 2.24) is 10.2 Å². The molecule has 0 aliphatic rings. The van der Waals surface area contributed by atoms with E-state index in [9.17, 15) is 19.1 Å². The summed E-state index contributed by atoms with van der Waals surface area (Å²) in [6.45, 7) is 1.40. The van der Waals surface area contributed by atoms with Gasteiger partial charge in [0.2, 0.25) is 11.8 Å². The van der Waals surface area contributed by atoms with Crippen LogP contribution in [0.3, 0.4) is 0 Å². The van der Waals surface area contributed by atoms with E-state index in [1.165, 1.54) is 5.56 Å². The lowest BCUT2D eigenvalue weighted by molar-refractivity contribution is -0.688. The van der Waals surface area contributed by atoms with E-state index in [1.54, 1.807) is 12.1 Å². The van der Waals surface area contributed by atoms with Crippen LogP contribution in [0.1, 0.15) is 22.3 Å². The van der Waals surface area contributed by atoms with Gasteiger partial charge in [0.15, 0.2) is 37.9 Å². The van der Waals surface area contributed by atoms with E-state index in [2.05, 4.69) is 80.3 Å². The van der Waals surface area contributed by atoms with Crippen LogP contribution in [0.25, 0.3) is 45.2 Å². The molecular formula is C41H35N4O5P+2. The van der Waals surface area contributed by atoms with Crippen molar-refractivity contribution in [3.63, 3.8) is 0 Å². The predicted molar refractivity (Wildman–Crippen MR) is 193 cm³/mol. The van der Waals surface area contributed by atoms with Crippen LogP contribution >= 0.6 is 7.60 Å². The molecule has 0 aliphatic heterocycles. The lowest BCUT2D eigenvalue weighted by Crippen LogP contribution is -2.32. The molecule has 0 spiro atoms. The Kier molecular flexibility index (Phi) is 9.85. The molecule has 9 nitrogen and oxygen atoms in total. The summed E-state index contributed by atoms with van der Waals surface area (Å²) in [6.07, 6.45) is 9.26. The quantitative estimate of drug-likeness (QED) is 0.0818. The summed E-state index contributed by atoms with van der Waals surface area (Å²) in [5, 5.41) is 8.60. The second-order valence-electron chi connectivity index (χ2n) is 12.4. The van der Waals surface area contributed by atoms with E-state index in [1.807, 2.05) is 73.1 Å². The Hall–Kier alpha value is -5.86. The molecule has 7 aromatic rings. The molecule has 0 amide bonds. The van der Waals surface area contributed by atoms with Gasteiger partial charge in [-0.1, -0.05) is 72.8 Å². The zero-order valence-corrected chi connectivity index (χ0v) is 28.5. The van der Waals surface area contributed by atoms with Crippen LogP contribution in [0.15, 0.2) is 151 Å². The lowest BCUT2D eigenvalue weighted by atomic mass is 10.0. The molecule has 4 aromatic carbocycles. The van der Waals surface area contributed by atoms with E-state index in [-0.39, 0.29) is 6.16 Å². The molecule has 0 fully saturated rings. The van der Waals surface area contributed by atoms with Crippen LogP contribution < -0.4 is 9.13 Å². The maximum atomic E-state index is 11.2. The number of carbonyl (C=O) groups is 1. The highest BCUT2D eigenvalue weighted by Gasteiger charge is 2.15. The lowest BCUT2D eigenvalue weighted by Gasteiger charge is -2.05. The molecule has 0 saturated heterocycles. The fourth-order valence-electron chi connectivity index (χ4n) is 5.86. The molecule has 0 atom stereocenters. The standard InChI is InChI=1S/C41H33N4O5P/c46-26-21-30-1-3-31(4-2-30)27-44-22-17-36(18-23-44)34-9-13-38(14-10-34)40-42-43-41(50-40)39-15-11-35(12-16-39)37-19-24-45(25-20-37)28-32-5-7-33(8-6-32)29-51(47,48)49/h1-20,22-26H,21,27-29H2/p+2. The van der Waals surface area contributed by atoms with Gasteiger partial charge in [-0.15, -0.1) is 10.2 Å². The fraction of sp³-hybridized carbons (Fsp3) is 0.0976. The van der Waals surface area contributed by atoms with Crippen molar-refractivity contribution in [2.45, 2.75) is 25.7 Å². The Morgan fingerprint density at radius 2 is 0.863 bits per heavy atom.